The average molecular weight is 268 g/mol. The largest absolute Gasteiger partial charge is 0.444 e. The maximum Gasteiger partial charge on any atom is 0.407 e. The van der Waals surface area contributed by atoms with Crippen LogP contribution in [-0.2, 0) is 4.74 Å². The molecule has 1 spiro atoms. The van der Waals surface area contributed by atoms with Crippen LogP contribution < -0.4 is 10.6 Å². The van der Waals surface area contributed by atoms with Gasteiger partial charge in [-0.3, -0.25) is 0 Å². The van der Waals surface area contributed by atoms with E-state index in [1.807, 2.05) is 20.8 Å². The molecule has 1 aliphatic carbocycles. The number of alkyl carbamates (subject to hydrolysis) is 1. The Morgan fingerprint density at radius 1 is 1.32 bits per heavy atom. The Hall–Kier alpha value is -0.770. The molecule has 4 nitrogen and oxygen atoms in total. The minimum Gasteiger partial charge on any atom is -0.444 e. The van der Waals surface area contributed by atoms with Gasteiger partial charge in [0.1, 0.15) is 5.60 Å². The zero-order valence-corrected chi connectivity index (χ0v) is 12.6. The summed E-state index contributed by atoms with van der Waals surface area (Å²) < 4.78 is 5.35. The van der Waals surface area contributed by atoms with Gasteiger partial charge in [-0.05, 0) is 64.8 Å². The van der Waals surface area contributed by atoms with Crippen molar-refractivity contribution in [2.24, 2.45) is 5.41 Å². The fraction of sp³-hybridized carbons (Fsp3) is 0.933. The standard InChI is InChI=1S/C15H28N2O2/c1-14(2,3)19-13(18)17-12-6-4-7-15(10-12)8-5-9-16-11-15/h12,16H,4-11H2,1-3H3,(H,17,18). The van der Waals surface area contributed by atoms with Crippen LogP contribution in [0.25, 0.3) is 0 Å². The van der Waals surface area contributed by atoms with Crippen molar-refractivity contribution in [1.29, 1.82) is 0 Å². The molecule has 0 aromatic rings. The van der Waals surface area contributed by atoms with Crippen molar-refractivity contribution in [2.45, 2.75) is 70.9 Å². The summed E-state index contributed by atoms with van der Waals surface area (Å²) in [5, 5.41) is 6.57. The van der Waals surface area contributed by atoms with Crippen LogP contribution in [0.15, 0.2) is 0 Å². The molecule has 0 aromatic heterocycles. The van der Waals surface area contributed by atoms with Crippen LogP contribution in [0.4, 0.5) is 4.79 Å². The van der Waals surface area contributed by atoms with Crippen molar-refractivity contribution in [3.63, 3.8) is 0 Å². The lowest BCUT2D eigenvalue weighted by Gasteiger charge is -2.44. The first-order chi connectivity index (χ1) is 8.89. The molecule has 1 amide bonds. The van der Waals surface area contributed by atoms with Crippen molar-refractivity contribution < 1.29 is 9.53 Å². The van der Waals surface area contributed by atoms with Crippen LogP contribution in [0.3, 0.4) is 0 Å². The number of nitrogens with one attached hydrogen (secondary N) is 2. The highest BCUT2D eigenvalue weighted by Crippen LogP contribution is 2.41. The van der Waals surface area contributed by atoms with E-state index in [0.717, 1.165) is 25.9 Å². The lowest BCUT2D eigenvalue weighted by atomic mass is 9.68. The van der Waals surface area contributed by atoms with Crippen LogP contribution in [0.5, 0.6) is 0 Å². The quantitative estimate of drug-likeness (QED) is 0.769. The predicted octanol–water partition coefficient (Wildman–Crippen LogP) is 2.82. The minimum atomic E-state index is -0.414. The van der Waals surface area contributed by atoms with Gasteiger partial charge in [0.2, 0.25) is 0 Å². The smallest absolute Gasteiger partial charge is 0.407 e. The van der Waals surface area contributed by atoms with Crippen LogP contribution in [0.1, 0.15) is 59.3 Å². The van der Waals surface area contributed by atoms with Crippen molar-refractivity contribution in [3.05, 3.63) is 0 Å². The number of piperidine rings is 1. The fourth-order valence-corrected chi connectivity index (χ4v) is 3.47. The van der Waals surface area contributed by atoms with Crippen LogP contribution in [0, 0.1) is 5.41 Å². The second-order valence-electron chi connectivity index (χ2n) is 7.22. The highest BCUT2D eigenvalue weighted by Gasteiger charge is 2.38. The number of amides is 1. The molecular formula is C15H28N2O2. The topological polar surface area (TPSA) is 50.4 Å². The van der Waals surface area contributed by atoms with Gasteiger partial charge in [0.25, 0.3) is 0 Å². The van der Waals surface area contributed by atoms with E-state index in [-0.39, 0.29) is 12.1 Å². The molecule has 1 aliphatic heterocycles. The lowest BCUT2D eigenvalue weighted by molar-refractivity contribution is 0.0438. The summed E-state index contributed by atoms with van der Waals surface area (Å²) in [5.41, 5.74) is -0.000982. The second-order valence-corrected chi connectivity index (χ2v) is 7.22. The van der Waals surface area contributed by atoms with E-state index >= 15 is 0 Å². The van der Waals surface area contributed by atoms with Gasteiger partial charge in [0.05, 0.1) is 0 Å². The number of hydrogen-bond donors (Lipinski definition) is 2. The summed E-state index contributed by atoms with van der Waals surface area (Å²) in [7, 11) is 0. The molecule has 2 N–H and O–H groups in total. The molecule has 0 bridgehead atoms. The number of carbonyl (C=O) groups excluding carboxylic acids is 1. The van der Waals surface area contributed by atoms with Gasteiger partial charge >= 0.3 is 6.09 Å². The summed E-state index contributed by atoms with van der Waals surface area (Å²) in [6, 6.07) is 0.281. The molecule has 2 fully saturated rings. The van der Waals surface area contributed by atoms with Crippen molar-refractivity contribution >= 4 is 6.09 Å². The maximum atomic E-state index is 11.8. The van der Waals surface area contributed by atoms with Crippen LogP contribution in [-0.4, -0.2) is 30.8 Å². The number of rotatable bonds is 1. The summed E-state index contributed by atoms with van der Waals surface area (Å²) in [5.74, 6) is 0. The van der Waals surface area contributed by atoms with Gasteiger partial charge in [-0.2, -0.15) is 0 Å². The Balaban J connectivity index is 1.85. The molecule has 0 aromatic carbocycles. The molecule has 1 saturated carbocycles. The monoisotopic (exact) mass is 268 g/mol. The van der Waals surface area contributed by atoms with Crippen molar-refractivity contribution in [1.82, 2.24) is 10.6 Å². The molecule has 2 unspecified atom stereocenters. The molecule has 2 aliphatic rings. The Morgan fingerprint density at radius 3 is 2.68 bits per heavy atom. The van der Waals surface area contributed by atoms with Gasteiger partial charge in [-0.1, -0.05) is 6.42 Å². The van der Waals surface area contributed by atoms with Crippen molar-refractivity contribution in [3.8, 4) is 0 Å². The van der Waals surface area contributed by atoms with Gasteiger partial charge in [-0.15, -0.1) is 0 Å². The minimum absolute atomic E-state index is 0.265. The summed E-state index contributed by atoms with van der Waals surface area (Å²) in [4.78, 5) is 11.8. The normalized spacial score (nSPS) is 32.1. The first-order valence-electron chi connectivity index (χ1n) is 7.59. The van der Waals surface area contributed by atoms with E-state index in [4.69, 9.17) is 4.74 Å². The van der Waals surface area contributed by atoms with Gasteiger partial charge in [0.15, 0.2) is 0 Å². The zero-order valence-electron chi connectivity index (χ0n) is 12.6. The van der Waals surface area contributed by atoms with Crippen LogP contribution >= 0.6 is 0 Å². The molecule has 1 saturated heterocycles. The first kappa shape index (κ1) is 14.6. The van der Waals surface area contributed by atoms with E-state index in [2.05, 4.69) is 10.6 Å². The Labute approximate surface area is 116 Å². The number of hydrogen-bond acceptors (Lipinski definition) is 3. The molecule has 0 radical (unpaired) electrons. The SMILES string of the molecule is CC(C)(C)OC(=O)NC1CCCC2(CCCNC2)C1. The molecule has 110 valence electrons. The highest BCUT2D eigenvalue weighted by molar-refractivity contribution is 5.68. The Kier molecular flexibility index (Phi) is 4.39. The van der Waals surface area contributed by atoms with E-state index in [1.54, 1.807) is 0 Å². The van der Waals surface area contributed by atoms with E-state index < -0.39 is 5.60 Å². The van der Waals surface area contributed by atoms with E-state index in [1.165, 1.54) is 25.7 Å². The molecule has 19 heavy (non-hydrogen) atoms. The molecule has 4 heteroatoms. The van der Waals surface area contributed by atoms with Crippen molar-refractivity contribution in [2.75, 3.05) is 13.1 Å². The summed E-state index contributed by atoms with van der Waals surface area (Å²) in [6.07, 6.45) is 6.99. The third kappa shape index (κ3) is 4.37. The first-order valence-corrected chi connectivity index (χ1v) is 7.59. The van der Waals surface area contributed by atoms with Crippen LogP contribution in [0.2, 0.25) is 0 Å². The zero-order chi connectivity index (χ0) is 13.9. The molecule has 1 heterocycles. The highest BCUT2D eigenvalue weighted by atomic mass is 16.6. The fourth-order valence-electron chi connectivity index (χ4n) is 3.47. The third-order valence-electron chi connectivity index (χ3n) is 4.22. The lowest BCUT2D eigenvalue weighted by Crippen LogP contribution is -2.49. The maximum absolute atomic E-state index is 11.8. The second kappa shape index (κ2) is 5.70. The average Bonchev–Trinajstić information content (AvgIpc) is 2.27. The Morgan fingerprint density at radius 2 is 2.05 bits per heavy atom. The summed E-state index contributed by atoms with van der Waals surface area (Å²) in [6.45, 7) is 7.96. The van der Waals surface area contributed by atoms with E-state index in [9.17, 15) is 4.79 Å². The molecule has 2 rings (SSSR count). The number of ether oxygens (including phenoxy) is 1. The Bertz CT molecular complexity index is 311. The van der Waals surface area contributed by atoms with Gasteiger partial charge in [0, 0.05) is 12.6 Å². The van der Waals surface area contributed by atoms with Gasteiger partial charge in [-0.25, -0.2) is 4.79 Å². The number of carbonyl (C=O) groups is 1. The third-order valence-corrected chi connectivity index (χ3v) is 4.22. The molecular weight excluding hydrogens is 240 g/mol. The summed E-state index contributed by atoms with van der Waals surface area (Å²) >= 11 is 0. The molecule has 2 atom stereocenters. The van der Waals surface area contributed by atoms with E-state index in [0.29, 0.717) is 5.41 Å². The van der Waals surface area contributed by atoms with Gasteiger partial charge < -0.3 is 15.4 Å². The predicted molar refractivity (Wildman–Crippen MR) is 76.2 cm³/mol.